The van der Waals surface area contributed by atoms with Crippen LogP contribution in [0.15, 0.2) is 18.2 Å². The van der Waals surface area contributed by atoms with Crippen LogP contribution in [0, 0.1) is 11.7 Å². The van der Waals surface area contributed by atoms with E-state index in [0.29, 0.717) is 30.5 Å². The van der Waals surface area contributed by atoms with E-state index < -0.39 is 0 Å². The highest BCUT2D eigenvalue weighted by Crippen LogP contribution is 2.40. The molecule has 6 heteroatoms. The number of benzene rings is 1. The van der Waals surface area contributed by atoms with Crippen molar-refractivity contribution < 1.29 is 14.0 Å². The molecule has 1 saturated heterocycles. The van der Waals surface area contributed by atoms with Crippen molar-refractivity contribution in [3.05, 3.63) is 35.1 Å². The van der Waals surface area contributed by atoms with Crippen LogP contribution in [0.4, 0.5) is 9.18 Å². The predicted molar refractivity (Wildman–Crippen MR) is 91.5 cm³/mol. The lowest BCUT2D eigenvalue weighted by Crippen LogP contribution is -2.38. The second kappa shape index (κ2) is 6.65. The summed E-state index contributed by atoms with van der Waals surface area (Å²) in [5.74, 6) is 0.649. The van der Waals surface area contributed by atoms with E-state index in [2.05, 4.69) is 10.6 Å². The number of likely N-dealkylation sites (tertiary alicyclic amines) is 1. The maximum atomic E-state index is 13.9. The molecule has 1 atom stereocenters. The zero-order valence-corrected chi connectivity index (χ0v) is 14.3. The van der Waals surface area contributed by atoms with Crippen molar-refractivity contribution >= 4 is 11.9 Å². The molecular formula is C19H24FN3O2. The fraction of sp³-hybridized carbons (Fsp3) is 0.579. The van der Waals surface area contributed by atoms with Crippen LogP contribution in [0.3, 0.4) is 0 Å². The third kappa shape index (κ3) is 3.94. The number of rotatable bonds is 6. The molecule has 2 N–H and O–H groups in total. The molecule has 1 unspecified atom stereocenters. The lowest BCUT2D eigenvalue weighted by molar-refractivity contribution is -0.128. The molecule has 3 fully saturated rings. The van der Waals surface area contributed by atoms with E-state index in [1.165, 1.54) is 6.07 Å². The van der Waals surface area contributed by atoms with Crippen LogP contribution in [0.5, 0.6) is 0 Å². The molecule has 1 aliphatic heterocycles. The summed E-state index contributed by atoms with van der Waals surface area (Å²) in [6.45, 7) is 1.39. The van der Waals surface area contributed by atoms with Crippen LogP contribution in [0.2, 0.25) is 0 Å². The topological polar surface area (TPSA) is 61.4 Å². The van der Waals surface area contributed by atoms with Crippen molar-refractivity contribution in [1.82, 2.24) is 15.5 Å². The highest BCUT2D eigenvalue weighted by Gasteiger charge is 2.39. The second-order valence-electron chi connectivity index (χ2n) is 7.54. The zero-order valence-electron chi connectivity index (χ0n) is 14.3. The van der Waals surface area contributed by atoms with Gasteiger partial charge in [-0.25, -0.2) is 9.18 Å². The lowest BCUT2D eigenvalue weighted by Gasteiger charge is -2.16. The minimum Gasteiger partial charge on any atom is -0.339 e. The van der Waals surface area contributed by atoms with Gasteiger partial charge < -0.3 is 15.5 Å². The van der Waals surface area contributed by atoms with Gasteiger partial charge in [-0.1, -0.05) is 12.1 Å². The number of hydrogen-bond acceptors (Lipinski definition) is 2. The quantitative estimate of drug-likeness (QED) is 0.832. The molecule has 0 radical (unpaired) electrons. The Morgan fingerprint density at radius 2 is 2.00 bits per heavy atom. The Hall–Kier alpha value is -2.11. The lowest BCUT2D eigenvalue weighted by atomic mass is 10.1. The van der Waals surface area contributed by atoms with E-state index >= 15 is 0 Å². The molecule has 2 saturated carbocycles. The van der Waals surface area contributed by atoms with Gasteiger partial charge in [-0.2, -0.15) is 0 Å². The molecule has 2 aliphatic carbocycles. The second-order valence-corrected chi connectivity index (χ2v) is 7.54. The third-order valence-corrected chi connectivity index (χ3v) is 5.34. The van der Waals surface area contributed by atoms with Crippen molar-refractivity contribution in [2.45, 2.75) is 50.6 Å². The van der Waals surface area contributed by atoms with E-state index in [1.54, 1.807) is 0 Å². The van der Waals surface area contributed by atoms with Gasteiger partial charge in [-0.05, 0) is 43.2 Å². The van der Waals surface area contributed by atoms with Gasteiger partial charge in [0, 0.05) is 43.6 Å². The number of carbonyl (C=O) groups is 2. The standard InChI is InChI=1S/C19H24FN3O2/c20-17-6-3-14(13-1-2-13)8-15(17)10-22-19(25)21-9-12-7-18(24)23(11-12)16-4-5-16/h3,6,8,12-13,16H,1-2,4-5,7,9-11H2,(H2,21,22,25). The molecule has 5 nitrogen and oxygen atoms in total. The largest absolute Gasteiger partial charge is 0.339 e. The summed E-state index contributed by atoms with van der Waals surface area (Å²) >= 11 is 0. The van der Waals surface area contributed by atoms with Gasteiger partial charge in [-0.3, -0.25) is 4.79 Å². The first kappa shape index (κ1) is 16.4. The van der Waals surface area contributed by atoms with Gasteiger partial charge in [0.1, 0.15) is 5.82 Å². The van der Waals surface area contributed by atoms with Crippen molar-refractivity contribution in [2.24, 2.45) is 5.92 Å². The Balaban J connectivity index is 1.23. The molecule has 3 aliphatic rings. The highest BCUT2D eigenvalue weighted by atomic mass is 19.1. The first-order valence-electron chi connectivity index (χ1n) is 9.19. The Labute approximate surface area is 147 Å². The smallest absolute Gasteiger partial charge is 0.315 e. The Morgan fingerprint density at radius 1 is 1.20 bits per heavy atom. The molecule has 4 rings (SSSR count). The Bertz CT molecular complexity index is 685. The number of urea groups is 1. The van der Waals surface area contributed by atoms with Crippen LogP contribution < -0.4 is 10.6 Å². The zero-order chi connectivity index (χ0) is 17.4. The summed E-state index contributed by atoms with van der Waals surface area (Å²) in [5.41, 5.74) is 1.68. The summed E-state index contributed by atoms with van der Waals surface area (Å²) in [5, 5.41) is 5.53. The number of carbonyl (C=O) groups excluding carboxylic acids is 2. The molecule has 25 heavy (non-hydrogen) atoms. The van der Waals surface area contributed by atoms with E-state index in [4.69, 9.17) is 0 Å². The molecule has 1 aromatic rings. The number of nitrogens with zero attached hydrogens (tertiary/aromatic N) is 1. The average molecular weight is 345 g/mol. The molecule has 3 amide bonds. The average Bonchev–Trinajstić information content (AvgIpc) is 3.50. The first-order chi connectivity index (χ1) is 12.1. The van der Waals surface area contributed by atoms with Crippen LogP contribution >= 0.6 is 0 Å². The normalized spacial score (nSPS) is 23.0. The molecule has 0 spiro atoms. The SMILES string of the molecule is O=C(NCc1cc(C2CC2)ccc1F)NCC1CC(=O)N(C2CC2)C1. The number of halogens is 1. The summed E-state index contributed by atoms with van der Waals surface area (Å²) in [6.07, 6.45) is 5.05. The highest BCUT2D eigenvalue weighted by molar-refractivity contribution is 5.79. The molecule has 1 aromatic carbocycles. The van der Waals surface area contributed by atoms with Crippen LogP contribution in [-0.4, -0.2) is 36.0 Å². The van der Waals surface area contributed by atoms with Gasteiger partial charge in [0.05, 0.1) is 0 Å². The summed E-state index contributed by atoms with van der Waals surface area (Å²) < 4.78 is 13.9. The van der Waals surface area contributed by atoms with Crippen LogP contribution in [0.25, 0.3) is 0 Å². The van der Waals surface area contributed by atoms with E-state index in [9.17, 15) is 14.0 Å². The summed E-state index contributed by atoms with van der Waals surface area (Å²) in [4.78, 5) is 25.8. The Kier molecular flexibility index (Phi) is 4.36. The van der Waals surface area contributed by atoms with Crippen LogP contribution in [0.1, 0.15) is 49.1 Å². The fourth-order valence-corrected chi connectivity index (χ4v) is 3.56. The monoisotopic (exact) mass is 345 g/mol. The van der Waals surface area contributed by atoms with Crippen molar-refractivity contribution in [3.63, 3.8) is 0 Å². The molecular weight excluding hydrogens is 321 g/mol. The van der Waals surface area contributed by atoms with Gasteiger partial charge >= 0.3 is 6.03 Å². The molecule has 134 valence electrons. The molecule has 0 bridgehead atoms. The maximum absolute atomic E-state index is 13.9. The van der Waals surface area contributed by atoms with Crippen molar-refractivity contribution in [3.8, 4) is 0 Å². The molecule has 0 aromatic heterocycles. The van der Waals surface area contributed by atoms with Gasteiger partial charge in [0.25, 0.3) is 0 Å². The Morgan fingerprint density at radius 3 is 2.72 bits per heavy atom. The minimum atomic E-state index is -0.312. The molecule has 1 heterocycles. The summed E-state index contributed by atoms with van der Waals surface area (Å²) in [6, 6.07) is 5.30. The van der Waals surface area contributed by atoms with Gasteiger partial charge in [-0.15, -0.1) is 0 Å². The number of hydrogen-bond donors (Lipinski definition) is 2. The summed E-state index contributed by atoms with van der Waals surface area (Å²) in [7, 11) is 0. The van der Waals surface area contributed by atoms with Gasteiger partial charge in [0.15, 0.2) is 0 Å². The minimum absolute atomic E-state index is 0.175. The first-order valence-corrected chi connectivity index (χ1v) is 9.19. The predicted octanol–water partition coefficient (Wildman–Crippen LogP) is 2.51. The van der Waals surface area contributed by atoms with E-state index in [1.807, 2.05) is 17.0 Å². The number of nitrogens with one attached hydrogen (secondary N) is 2. The third-order valence-electron chi connectivity index (χ3n) is 5.34. The fourth-order valence-electron chi connectivity index (χ4n) is 3.56. The number of amides is 3. The van der Waals surface area contributed by atoms with Crippen molar-refractivity contribution in [2.75, 3.05) is 13.1 Å². The van der Waals surface area contributed by atoms with Crippen LogP contribution in [-0.2, 0) is 11.3 Å². The van der Waals surface area contributed by atoms with Crippen molar-refractivity contribution in [1.29, 1.82) is 0 Å². The van der Waals surface area contributed by atoms with E-state index in [0.717, 1.165) is 37.8 Å². The maximum Gasteiger partial charge on any atom is 0.315 e. The van der Waals surface area contributed by atoms with E-state index in [-0.39, 0.29) is 30.2 Å². The van der Waals surface area contributed by atoms with Gasteiger partial charge in [0.2, 0.25) is 5.91 Å².